The predicted molar refractivity (Wildman–Crippen MR) is 191 cm³/mol. The van der Waals surface area contributed by atoms with E-state index in [-0.39, 0.29) is 22.2 Å². The fourth-order valence-electron chi connectivity index (χ4n) is 8.83. The van der Waals surface area contributed by atoms with Crippen LogP contribution in [0, 0.1) is 45.3 Å². The van der Waals surface area contributed by atoms with E-state index in [1.54, 1.807) is 22.3 Å². The lowest BCUT2D eigenvalue weighted by atomic mass is 9.68. The number of aliphatic hydroxyl groups excluding tert-OH is 1. The van der Waals surface area contributed by atoms with Crippen molar-refractivity contribution >= 4 is 17.9 Å². The summed E-state index contributed by atoms with van der Waals surface area (Å²) >= 11 is 0. The molecular weight excluding hydrogens is 576 g/mol. The van der Waals surface area contributed by atoms with Crippen molar-refractivity contribution in [3.8, 4) is 0 Å². The van der Waals surface area contributed by atoms with Gasteiger partial charge in [0, 0.05) is 39.2 Å². The highest BCUT2D eigenvalue weighted by atomic mass is 16.6. The zero-order valence-electron chi connectivity index (χ0n) is 33.0. The molecule has 1 N–H and O–H groups in total. The highest BCUT2D eigenvalue weighted by molar-refractivity contribution is 5.82. The first-order valence-electron chi connectivity index (χ1n) is 18.1. The van der Waals surface area contributed by atoms with Gasteiger partial charge in [-0.15, -0.1) is 0 Å². The molecule has 6 nitrogen and oxygen atoms in total. The molecular formula is C40H72O6. The van der Waals surface area contributed by atoms with Gasteiger partial charge in [-0.1, -0.05) is 119 Å². The van der Waals surface area contributed by atoms with E-state index in [4.69, 9.17) is 4.74 Å². The molecule has 0 radical (unpaired) electrons. The molecule has 0 amide bonds. The number of rotatable bonds is 3. The zero-order chi connectivity index (χ0) is 36.4. The fourth-order valence-corrected chi connectivity index (χ4v) is 8.83. The van der Waals surface area contributed by atoms with Gasteiger partial charge in [-0.3, -0.25) is 14.4 Å². The van der Waals surface area contributed by atoms with Gasteiger partial charge in [0.25, 0.3) is 0 Å². The van der Waals surface area contributed by atoms with Crippen molar-refractivity contribution in [1.82, 2.24) is 0 Å². The molecule has 0 aliphatic heterocycles. The third-order valence-electron chi connectivity index (χ3n) is 11.7. The quantitative estimate of drug-likeness (QED) is 0.186. The van der Waals surface area contributed by atoms with E-state index in [0.29, 0.717) is 42.3 Å². The van der Waals surface area contributed by atoms with Crippen molar-refractivity contribution in [2.45, 2.75) is 156 Å². The van der Waals surface area contributed by atoms with Crippen molar-refractivity contribution in [2.24, 2.45) is 45.3 Å². The number of hydrogen-bond donors (Lipinski definition) is 1. The summed E-state index contributed by atoms with van der Waals surface area (Å²) in [6.45, 7) is 36.6. The molecule has 4 aliphatic carbocycles. The van der Waals surface area contributed by atoms with Gasteiger partial charge >= 0.3 is 17.9 Å². The van der Waals surface area contributed by atoms with Gasteiger partial charge < -0.3 is 14.6 Å². The number of esters is 3. The smallest absolute Gasteiger partial charge is 0.310 e. The number of ether oxygens (including phenoxy) is 2. The molecule has 6 heteroatoms. The maximum atomic E-state index is 11.1. The molecule has 4 unspecified atom stereocenters. The normalized spacial score (nSPS) is 27.3. The number of carbonyl (C=O) groups excluding carboxylic acids is 3. The van der Waals surface area contributed by atoms with E-state index in [9.17, 15) is 19.5 Å². The summed E-state index contributed by atoms with van der Waals surface area (Å²) in [4.78, 5) is 30.7. The van der Waals surface area contributed by atoms with Gasteiger partial charge in [0.15, 0.2) is 0 Å². The summed E-state index contributed by atoms with van der Waals surface area (Å²) in [5, 5.41) is 9.59. The molecule has 0 aromatic heterocycles. The van der Waals surface area contributed by atoms with Gasteiger partial charge in [-0.2, -0.15) is 0 Å². The summed E-state index contributed by atoms with van der Waals surface area (Å²) < 4.78 is 9.29. The summed E-state index contributed by atoms with van der Waals surface area (Å²) in [5.74, 6) is 0.908. The minimum atomic E-state index is -0.562. The summed E-state index contributed by atoms with van der Waals surface area (Å²) in [5.41, 5.74) is 7.61. The summed E-state index contributed by atoms with van der Waals surface area (Å²) in [6, 6.07) is 0. The van der Waals surface area contributed by atoms with Crippen LogP contribution in [-0.2, 0) is 23.9 Å². The van der Waals surface area contributed by atoms with Crippen molar-refractivity contribution in [1.29, 1.82) is 0 Å². The Labute approximate surface area is 283 Å². The Kier molecular flexibility index (Phi) is 17.2. The monoisotopic (exact) mass is 649 g/mol. The second-order valence-corrected chi connectivity index (χ2v) is 15.4. The first kappa shape index (κ1) is 44.0. The average molecular weight is 649 g/mol. The van der Waals surface area contributed by atoms with Crippen LogP contribution >= 0.6 is 0 Å². The first-order valence-corrected chi connectivity index (χ1v) is 18.1. The molecule has 0 aromatic rings. The molecule has 268 valence electrons. The van der Waals surface area contributed by atoms with Gasteiger partial charge in [-0.05, 0) is 72.0 Å². The van der Waals surface area contributed by atoms with Crippen LogP contribution < -0.4 is 0 Å². The Hall–Kier alpha value is -1.95. The molecule has 4 atom stereocenters. The predicted octanol–water partition coefficient (Wildman–Crippen LogP) is 10.3. The largest absolute Gasteiger partial charge is 0.465 e. The van der Waals surface area contributed by atoms with Crippen molar-refractivity contribution in [3.63, 3.8) is 0 Å². The van der Waals surface area contributed by atoms with Crippen molar-refractivity contribution in [2.75, 3.05) is 13.2 Å². The van der Waals surface area contributed by atoms with Crippen LogP contribution in [0.25, 0.3) is 0 Å². The van der Waals surface area contributed by atoms with Gasteiger partial charge in [0.2, 0.25) is 0 Å². The minimum Gasteiger partial charge on any atom is -0.465 e. The Morgan fingerprint density at radius 1 is 0.630 bits per heavy atom. The SMILES string of the molecule is CC.CC.CC(=O)OC(C)=O.CC(=O)OCC1CCCC2=C1C(C)(C)C(C)C2(C)C.CC1C(C)(C)C2=C(C(CO)CCC2)C1(C)C. The molecule has 4 aliphatic rings. The summed E-state index contributed by atoms with van der Waals surface area (Å²) in [7, 11) is 0. The molecule has 0 saturated carbocycles. The minimum absolute atomic E-state index is 0.157. The van der Waals surface area contributed by atoms with Gasteiger partial charge in [0.1, 0.15) is 0 Å². The van der Waals surface area contributed by atoms with Crippen LogP contribution in [0.1, 0.15) is 156 Å². The van der Waals surface area contributed by atoms with Crippen LogP contribution in [-0.4, -0.2) is 36.2 Å². The standard InChI is InChI=1S/C17H28O2.C15H26O.C4H6O3.2C2H6/c1-11-16(3,4)14-9-7-8-13(10-19-12(2)18)15(14)17(11,5)6;1-10-14(2,3)12-8-6-7-11(9-16)13(12)15(10,4)5;1-3(5)7-4(2)6;2*1-2/h11,13H,7-10H2,1-6H3;10-11,16H,6-9H2,1-5H3;1-2H3;2*1-2H3. The van der Waals surface area contributed by atoms with Gasteiger partial charge in [0.05, 0.1) is 6.61 Å². The van der Waals surface area contributed by atoms with E-state index in [0.717, 1.165) is 0 Å². The number of aliphatic hydroxyl groups is 1. The molecule has 0 fully saturated rings. The topological polar surface area (TPSA) is 89.9 Å². The maximum absolute atomic E-state index is 11.1. The molecule has 4 rings (SSSR count). The van der Waals surface area contributed by atoms with Crippen LogP contribution in [0.2, 0.25) is 0 Å². The lowest BCUT2D eigenvalue weighted by Crippen LogP contribution is -2.30. The molecule has 0 saturated heterocycles. The van der Waals surface area contributed by atoms with Crippen LogP contribution in [0.15, 0.2) is 22.3 Å². The van der Waals surface area contributed by atoms with Crippen molar-refractivity contribution < 1.29 is 29.0 Å². The molecule has 0 spiro atoms. The Bertz CT molecular complexity index is 1080. The van der Waals surface area contributed by atoms with E-state index in [1.165, 1.54) is 59.3 Å². The van der Waals surface area contributed by atoms with Crippen molar-refractivity contribution in [3.05, 3.63) is 22.3 Å². The van der Waals surface area contributed by atoms with Crippen LogP contribution in [0.3, 0.4) is 0 Å². The van der Waals surface area contributed by atoms with Gasteiger partial charge in [-0.25, -0.2) is 0 Å². The highest BCUT2D eigenvalue weighted by Crippen LogP contribution is 2.63. The number of hydrogen-bond acceptors (Lipinski definition) is 6. The Morgan fingerprint density at radius 2 is 0.978 bits per heavy atom. The average Bonchev–Trinajstić information content (AvgIpc) is 3.23. The second kappa shape index (κ2) is 18.0. The molecule has 0 heterocycles. The van der Waals surface area contributed by atoms with E-state index in [2.05, 4.69) is 74.0 Å². The second-order valence-electron chi connectivity index (χ2n) is 15.4. The fraction of sp³-hybridized carbons (Fsp3) is 0.825. The first-order chi connectivity index (χ1) is 21.1. The Morgan fingerprint density at radius 3 is 1.28 bits per heavy atom. The third kappa shape index (κ3) is 9.80. The molecule has 0 aromatic carbocycles. The maximum Gasteiger partial charge on any atom is 0.310 e. The Balaban J connectivity index is 0.000000678. The molecule has 46 heavy (non-hydrogen) atoms. The highest BCUT2D eigenvalue weighted by Gasteiger charge is 2.53. The third-order valence-corrected chi connectivity index (χ3v) is 11.7. The lowest BCUT2D eigenvalue weighted by Gasteiger charge is -2.36. The van der Waals surface area contributed by atoms with E-state index >= 15 is 0 Å². The van der Waals surface area contributed by atoms with Crippen LogP contribution in [0.4, 0.5) is 0 Å². The number of allylic oxidation sites excluding steroid dienone is 2. The zero-order valence-corrected chi connectivity index (χ0v) is 33.0. The molecule has 0 bridgehead atoms. The lowest BCUT2D eigenvalue weighted by molar-refractivity contribution is -0.156. The van der Waals surface area contributed by atoms with Crippen LogP contribution in [0.5, 0.6) is 0 Å². The summed E-state index contributed by atoms with van der Waals surface area (Å²) in [6.07, 6.45) is 7.33. The number of carbonyl (C=O) groups is 3. The van der Waals surface area contributed by atoms with E-state index in [1.807, 2.05) is 27.7 Å². The van der Waals surface area contributed by atoms with E-state index < -0.39 is 11.9 Å².